The van der Waals surface area contributed by atoms with Crippen molar-refractivity contribution in [2.75, 3.05) is 13.1 Å². The van der Waals surface area contributed by atoms with E-state index in [1.165, 1.54) is 5.56 Å². The van der Waals surface area contributed by atoms with Gasteiger partial charge in [0.05, 0.1) is 5.60 Å². The first kappa shape index (κ1) is 13.6. The molecule has 0 aromatic heterocycles. The molecule has 1 aromatic rings. The molecular weight excluding hydrogens is 222 g/mol. The molecule has 1 unspecified atom stereocenters. The molecule has 100 valence electrons. The first-order valence-corrected chi connectivity index (χ1v) is 7.05. The number of hydrogen-bond donors (Lipinski definition) is 1. The molecule has 1 heterocycles. The molecule has 2 nitrogen and oxygen atoms in total. The molecule has 0 radical (unpaired) electrons. The maximum absolute atomic E-state index is 10.9. The molecule has 1 aromatic carbocycles. The van der Waals surface area contributed by atoms with Gasteiger partial charge in [-0.3, -0.25) is 0 Å². The van der Waals surface area contributed by atoms with E-state index in [4.69, 9.17) is 0 Å². The maximum atomic E-state index is 10.9. The highest BCUT2D eigenvalue weighted by molar-refractivity contribution is 5.26. The predicted octanol–water partition coefficient (Wildman–Crippen LogP) is 3.08. The zero-order chi connectivity index (χ0) is 13.2. The first-order chi connectivity index (χ1) is 8.51. The van der Waals surface area contributed by atoms with Crippen LogP contribution in [0, 0.1) is 6.92 Å². The summed E-state index contributed by atoms with van der Waals surface area (Å²) in [6.45, 7) is 8.64. The normalized spacial score (nSPS) is 26.3. The molecule has 2 rings (SSSR count). The number of likely N-dealkylation sites (tertiary alicyclic amines) is 1. The predicted molar refractivity (Wildman–Crippen MR) is 75.6 cm³/mol. The van der Waals surface area contributed by atoms with Crippen LogP contribution in [0.3, 0.4) is 0 Å². The summed E-state index contributed by atoms with van der Waals surface area (Å²) in [5.74, 6) is 0. The lowest BCUT2D eigenvalue weighted by Gasteiger charge is -2.28. The van der Waals surface area contributed by atoms with Gasteiger partial charge in [-0.05, 0) is 52.1 Å². The van der Waals surface area contributed by atoms with Crippen LogP contribution in [-0.2, 0) is 5.60 Å². The quantitative estimate of drug-likeness (QED) is 0.868. The molecule has 0 bridgehead atoms. The van der Waals surface area contributed by atoms with Gasteiger partial charge < -0.3 is 10.0 Å². The Morgan fingerprint density at radius 3 is 2.39 bits per heavy atom. The van der Waals surface area contributed by atoms with Crippen LogP contribution in [0.2, 0.25) is 0 Å². The Morgan fingerprint density at radius 2 is 1.78 bits per heavy atom. The third kappa shape index (κ3) is 2.93. The summed E-state index contributed by atoms with van der Waals surface area (Å²) >= 11 is 0. The Bertz CT molecular complexity index is 385. The van der Waals surface area contributed by atoms with E-state index in [9.17, 15) is 5.11 Å². The summed E-state index contributed by atoms with van der Waals surface area (Å²) in [5.41, 5.74) is 1.70. The number of benzene rings is 1. The molecule has 1 N–H and O–H groups in total. The van der Waals surface area contributed by atoms with Crippen molar-refractivity contribution in [1.82, 2.24) is 4.90 Å². The topological polar surface area (TPSA) is 23.5 Å². The molecule has 1 aliphatic rings. The third-order valence-corrected chi connectivity index (χ3v) is 4.17. The Morgan fingerprint density at radius 1 is 1.11 bits per heavy atom. The molecule has 1 fully saturated rings. The van der Waals surface area contributed by atoms with Crippen molar-refractivity contribution >= 4 is 0 Å². The maximum Gasteiger partial charge on any atom is 0.0909 e. The van der Waals surface area contributed by atoms with Gasteiger partial charge in [-0.2, -0.15) is 0 Å². The van der Waals surface area contributed by atoms with Crippen molar-refractivity contribution in [3.63, 3.8) is 0 Å². The highest BCUT2D eigenvalue weighted by atomic mass is 16.3. The number of aliphatic hydroxyl groups is 1. The van der Waals surface area contributed by atoms with Crippen LogP contribution in [0.4, 0.5) is 0 Å². The molecule has 1 aliphatic heterocycles. The van der Waals surface area contributed by atoms with Gasteiger partial charge in [-0.15, -0.1) is 0 Å². The van der Waals surface area contributed by atoms with Gasteiger partial charge in [0.15, 0.2) is 0 Å². The van der Waals surface area contributed by atoms with Crippen molar-refractivity contribution in [3.05, 3.63) is 35.4 Å². The van der Waals surface area contributed by atoms with Gasteiger partial charge in [0.25, 0.3) is 0 Å². The summed E-state index contributed by atoms with van der Waals surface area (Å²) in [6.07, 6.45) is 2.79. The van der Waals surface area contributed by atoms with Crippen LogP contribution in [0.15, 0.2) is 24.3 Å². The number of nitrogens with zero attached hydrogens (tertiary/aromatic N) is 1. The lowest BCUT2D eigenvalue weighted by atomic mass is 9.86. The molecule has 18 heavy (non-hydrogen) atoms. The monoisotopic (exact) mass is 247 g/mol. The summed E-state index contributed by atoms with van der Waals surface area (Å²) in [5, 5.41) is 10.9. The summed E-state index contributed by atoms with van der Waals surface area (Å²) in [4.78, 5) is 2.46. The largest absolute Gasteiger partial charge is 0.385 e. The van der Waals surface area contributed by atoms with Gasteiger partial charge in [-0.25, -0.2) is 0 Å². The van der Waals surface area contributed by atoms with E-state index in [1.807, 2.05) is 0 Å². The SMILES string of the molecule is Cc1ccc(C2(O)CCCN(C(C)C)CC2)cc1. The first-order valence-electron chi connectivity index (χ1n) is 7.05. The summed E-state index contributed by atoms with van der Waals surface area (Å²) in [6, 6.07) is 8.93. The molecule has 0 aliphatic carbocycles. The van der Waals surface area contributed by atoms with Crippen LogP contribution in [0.5, 0.6) is 0 Å². The molecular formula is C16H25NO. The second-order valence-electron chi connectivity index (χ2n) is 5.88. The highest BCUT2D eigenvalue weighted by Gasteiger charge is 2.32. The van der Waals surface area contributed by atoms with Crippen LogP contribution in [0.1, 0.15) is 44.2 Å². The van der Waals surface area contributed by atoms with Crippen LogP contribution < -0.4 is 0 Å². The molecule has 1 saturated heterocycles. The summed E-state index contributed by atoms with van der Waals surface area (Å²) in [7, 11) is 0. The van der Waals surface area contributed by atoms with E-state index in [2.05, 4.69) is 49.9 Å². The molecule has 0 spiro atoms. The van der Waals surface area contributed by atoms with Gasteiger partial charge in [0, 0.05) is 12.6 Å². The average molecular weight is 247 g/mol. The Labute approximate surface area is 111 Å². The van der Waals surface area contributed by atoms with Crippen molar-refractivity contribution < 1.29 is 5.11 Å². The fraction of sp³-hybridized carbons (Fsp3) is 0.625. The molecule has 0 amide bonds. The Kier molecular flexibility index (Phi) is 4.08. The van der Waals surface area contributed by atoms with E-state index < -0.39 is 5.60 Å². The van der Waals surface area contributed by atoms with Crippen LogP contribution >= 0.6 is 0 Å². The van der Waals surface area contributed by atoms with Gasteiger partial charge >= 0.3 is 0 Å². The minimum absolute atomic E-state index is 0.574. The number of hydrogen-bond acceptors (Lipinski definition) is 2. The summed E-state index contributed by atoms with van der Waals surface area (Å²) < 4.78 is 0. The lowest BCUT2D eigenvalue weighted by molar-refractivity contribution is 0.0204. The molecule has 1 atom stereocenters. The van der Waals surface area contributed by atoms with Crippen LogP contribution in [0.25, 0.3) is 0 Å². The standard InChI is InChI=1S/C16H25NO/c1-13(2)17-11-4-9-16(18,10-12-17)15-7-5-14(3)6-8-15/h5-8,13,18H,4,9-12H2,1-3H3. The third-order valence-electron chi connectivity index (χ3n) is 4.17. The van der Waals surface area contributed by atoms with E-state index in [1.54, 1.807) is 0 Å². The molecule has 0 saturated carbocycles. The molecule has 2 heteroatoms. The second-order valence-corrected chi connectivity index (χ2v) is 5.88. The van der Waals surface area contributed by atoms with Gasteiger partial charge in [0.1, 0.15) is 0 Å². The zero-order valence-corrected chi connectivity index (χ0v) is 11.8. The second kappa shape index (κ2) is 5.41. The van der Waals surface area contributed by atoms with E-state index in [0.29, 0.717) is 6.04 Å². The van der Waals surface area contributed by atoms with E-state index >= 15 is 0 Å². The fourth-order valence-electron chi connectivity index (χ4n) is 2.81. The minimum atomic E-state index is -0.628. The van der Waals surface area contributed by atoms with Crippen molar-refractivity contribution in [2.24, 2.45) is 0 Å². The van der Waals surface area contributed by atoms with Crippen molar-refractivity contribution in [3.8, 4) is 0 Å². The van der Waals surface area contributed by atoms with E-state index in [0.717, 1.165) is 37.9 Å². The Balaban J connectivity index is 2.14. The van der Waals surface area contributed by atoms with Gasteiger partial charge in [-0.1, -0.05) is 29.8 Å². The number of aryl methyl sites for hydroxylation is 1. The van der Waals surface area contributed by atoms with Crippen LogP contribution in [-0.4, -0.2) is 29.1 Å². The van der Waals surface area contributed by atoms with Crippen molar-refractivity contribution in [2.45, 2.75) is 51.7 Å². The Hall–Kier alpha value is -0.860. The number of rotatable bonds is 2. The zero-order valence-electron chi connectivity index (χ0n) is 11.8. The van der Waals surface area contributed by atoms with E-state index in [-0.39, 0.29) is 0 Å². The smallest absolute Gasteiger partial charge is 0.0909 e. The minimum Gasteiger partial charge on any atom is -0.385 e. The van der Waals surface area contributed by atoms with Crippen molar-refractivity contribution in [1.29, 1.82) is 0 Å². The fourth-order valence-corrected chi connectivity index (χ4v) is 2.81. The lowest BCUT2D eigenvalue weighted by Crippen LogP contribution is -2.33. The average Bonchev–Trinajstić information content (AvgIpc) is 2.53. The van der Waals surface area contributed by atoms with Gasteiger partial charge in [0.2, 0.25) is 0 Å². The highest BCUT2D eigenvalue weighted by Crippen LogP contribution is 2.33.